The second-order valence-electron chi connectivity index (χ2n) is 8.03. The predicted molar refractivity (Wildman–Crippen MR) is 121 cm³/mol. The third kappa shape index (κ3) is 4.13. The Bertz CT molecular complexity index is 1060. The van der Waals surface area contributed by atoms with Gasteiger partial charge in [0.1, 0.15) is 0 Å². The summed E-state index contributed by atoms with van der Waals surface area (Å²) < 4.78 is 11.7. The fraction of sp³-hybridized carbons (Fsp3) is 0.308. The molecule has 0 aromatic heterocycles. The molecule has 1 saturated heterocycles. The summed E-state index contributed by atoms with van der Waals surface area (Å²) in [6, 6.07) is 15.2. The number of nitrogens with zero attached hydrogens (tertiary/aromatic N) is 1. The van der Waals surface area contributed by atoms with E-state index < -0.39 is 0 Å². The fourth-order valence-electron chi connectivity index (χ4n) is 4.21. The van der Waals surface area contributed by atoms with Crippen molar-refractivity contribution in [1.82, 2.24) is 4.90 Å². The van der Waals surface area contributed by atoms with E-state index in [1.807, 2.05) is 55.5 Å². The highest BCUT2D eigenvalue weighted by atomic mass is 16.5. The van der Waals surface area contributed by atoms with Gasteiger partial charge in [-0.25, -0.2) is 0 Å². The summed E-state index contributed by atoms with van der Waals surface area (Å²) in [5.74, 6) is 0.753. The molecule has 1 aliphatic heterocycles. The van der Waals surface area contributed by atoms with Crippen LogP contribution >= 0.6 is 0 Å². The molecule has 4 rings (SSSR count). The summed E-state index contributed by atoms with van der Waals surface area (Å²) in [5.41, 5.74) is 3.28. The Hall–Kier alpha value is -3.34. The highest BCUT2D eigenvalue weighted by Crippen LogP contribution is 2.37. The SMILES string of the molecule is COc1ccc(/C(C)=C2\C(=O)N(C)C(=O)\C2=C\c2ccccc2)cc1OC1CCCC1. The Kier molecular flexibility index (Phi) is 5.94. The zero-order valence-electron chi connectivity index (χ0n) is 18.2. The van der Waals surface area contributed by atoms with Crippen molar-refractivity contribution in [1.29, 1.82) is 0 Å². The molecule has 2 fully saturated rings. The lowest BCUT2D eigenvalue weighted by molar-refractivity contribution is -0.134. The molecule has 0 bridgehead atoms. The smallest absolute Gasteiger partial charge is 0.261 e. The van der Waals surface area contributed by atoms with Gasteiger partial charge in [-0.2, -0.15) is 0 Å². The highest BCUT2D eigenvalue weighted by Gasteiger charge is 2.37. The third-order valence-corrected chi connectivity index (χ3v) is 6.00. The minimum Gasteiger partial charge on any atom is -0.493 e. The molecule has 0 atom stereocenters. The molecule has 5 heteroatoms. The summed E-state index contributed by atoms with van der Waals surface area (Å²) in [7, 11) is 3.14. The second-order valence-corrected chi connectivity index (χ2v) is 8.03. The van der Waals surface area contributed by atoms with Gasteiger partial charge in [0.05, 0.1) is 24.4 Å². The van der Waals surface area contributed by atoms with E-state index in [4.69, 9.17) is 9.47 Å². The normalized spacial score (nSPS) is 20.0. The average Bonchev–Trinajstić information content (AvgIpc) is 3.37. The van der Waals surface area contributed by atoms with E-state index in [1.54, 1.807) is 13.2 Å². The van der Waals surface area contributed by atoms with Crippen molar-refractivity contribution in [2.75, 3.05) is 14.2 Å². The van der Waals surface area contributed by atoms with Crippen molar-refractivity contribution in [3.8, 4) is 11.5 Å². The molecule has 0 unspecified atom stereocenters. The van der Waals surface area contributed by atoms with Gasteiger partial charge in [0, 0.05) is 7.05 Å². The van der Waals surface area contributed by atoms with E-state index >= 15 is 0 Å². The van der Waals surface area contributed by atoms with E-state index in [2.05, 4.69) is 0 Å². The number of rotatable bonds is 5. The van der Waals surface area contributed by atoms with Crippen LogP contribution in [0.2, 0.25) is 0 Å². The third-order valence-electron chi connectivity index (χ3n) is 6.00. The van der Waals surface area contributed by atoms with Crippen molar-refractivity contribution in [2.24, 2.45) is 0 Å². The molecule has 31 heavy (non-hydrogen) atoms. The van der Waals surface area contributed by atoms with Gasteiger partial charge in [-0.3, -0.25) is 14.5 Å². The monoisotopic (exact) mass is 417 g/mol. The van der Waals surface area contributed by atoms with Gasteiger partial charge in [0.2, 0.25) is 0 Å². The number of hydrogen-bond acceptors (Lipinski definition) is 4. The van der Waals surface area contributed by atoms with Gasteiger partial charge in [-0.1, -0.05) is 36.4 Å². The van der Waals surface area contributed by atoms with Crippen molar-refractivity contribution in [3.63, 3.8) is 0 Å². The molecule has 2 aliphatic rings. The number of likely N-dealkylation sites (tertiary alicyclic amines) is 1. The van der Waals surface area contributed by atoms with Gasteiger partial charge in [-0.15, -0.1) is 0 Å². The van der Waals surface area contributed by atoms with Crippen LogP contribution in [-0.4, -0.2) is 37.0 Å². The first-order valence-electron chi connectivity index (χ1n) is 10.6. The summed E-state index contributed by atoms with van der Waals surface area (Å²) in [6.07, 6.45) is 6.39. The molecule has 2 aromatic rings. The Morgan fingerprint density at radius 1 is 1.00 bits per heavy atom. The van der Waals surface area contributed by atoms with Crippen molar-refractivity contribution < 1.29 is 19.1 Å². The molecule has 1 saturated carbocycles. The summed E-state index contributed by atoms with van der Waals surface area (Å²) in [6.45, 7) is 1.87. The first-order valence-corrected chi connectivity index (χ1v) is 10.6. The van der Waals surface area contributed by atoms with Crippen LogP contribution in [0, 0.1) is 0 Å². The van der Waals surface area contributed by atoms with Crippen LogP contribution in [0.4, 0.5) is 0 Å². The second kappa shape index (κ2) is 8.80. The maximum absolute atomic E-state index is 13.0. The Morgan fingerprint density at radius 3 is 2.39 bits per heavy atom. The molecule has 5 nitrogen and oxygen atoms in total. The first-order chi connectivity index (χ1) is 15.0. The van der Waals surface area contributed by atoms with Gasteiger partial charge >= 0.3 is 0 Å². The number of carbonyl (C=O) groups is 2. The highest BCUT2D eigenvalue weighted by molar-refractivity contribution is 6.29. The van der Waals surface area contributed by atoms with Crippen LogP contribution in [0.15, 0.2) is 59.7 Å². The zero-order chi connectivity index (χ0) is 22.0. The molecule has 2 aromatic carbocycles. The average molecular weight is 418 g/mol. The van der Waals surface area contributed by atoms with E-state index in [1.165, 1.54) is 24.8 Å². The molecule has 2 amide bonds. The largest absolute Gasteiger partial charge is 0.493 e. The first kappa shape index (κ1) is 20.9. The molecule has 160 valence electrons. The number of likely N-dealkylation sites (N-methyl/N-ethyl adjacent to an activating group) is 1. The quantitative estimate of drug-likeness (QED) is 0.514. The number of amides is 2. The Labute approximate surface area is 183 Å². The van der Waals surface area contributed by atoms with Crippen molar-refractivity contribution >= 4 is 23.5 Å². The lowest BCUT2D eigenvalue weighted by Gasteiger charge is -2.17. The van der Waals surface area contributed by atoms with Crippen molar-refractivity contribution in [2.45, 2.75) is 38.7 Å². The van der Waals surface area contributed by atoms with Crippen LogP contribution in [0.25, 0.3) is 11.6 Å². The molecular formula is C26H27NO4. The molecule has 0 radical (unpaired) electrons. The summed E-state index contributed by atoms with van der Waals surface area (Å²) in [5, 5.41) is 0. The standard InChI is InChI=1S/C26H27NO4/c1-17(19-13-14-22(30-3)23(16-19)31-20-11-7-8-12-20)24-21(25(28)27(2)26(24)29)15-18-9-5-4-6-10-18/h4-6,9-10,13-16,20H,7-8,11-12H2,1-3H3/b21-15+,24-17-. The number of allylic oxidation sites excluding steroid dienone is 1. The molecular weight excluding hydrogens is 390 g/mol. The number of methoxy groups -OCH3 is 1. The number of benzene rings is 2. The van der Waals surface area contributed by atoms with Crippen LogP contribution < -0.4 is 9.47 Å². The number of carbonyl (C=O) groups excluding carboxylic acids is 2. The minimum atomic E-state index is -0.293. The topological polar surface area (TPSA) is 55.8 Å². The van der Waals surface area contributed by atoms with Gasteiger partial charge in [-0.05, 0) is 67.5 Å². The fourth-order valence-corrected chi connectivity index (χ4v) is 4.21. The molecule has 1 aliphatic carbocycles. The van der Waals surface area contributed by atoms with Crippen LogP contribution in [0.1, 0.15) is 43.7 Å². The van der Waals surface area contributed by atoms with E-state index in [-0.39, 0.29) is 17.9 Å². The number of hydrogen-bond donors (Lipinski definition) is 0. The van der Waals surface area contributed by atoms with Crippen molar-refractivity contribution in [3.05, 3.63) is 70.8 Å². The lowest BCUT2D eigenvalue weighted by Crippen LogP contribution is -2.24. The van der Waals surface area contributed by atoms with Gasteiger partial charge in [0.25, 0.3) is 11.8 Å². The van der Waals surface area contributed by atoms with Crippen LogP contribution in [0.5, 0.6) is 11.5 Å². The molecule has 1 heterocycles. The van der Waals surface area contributed by atoms with Gasteiger partial charge in [0.15, 0.2) is 11.5 Å². The minimum absolute atomic E-state index is 0.187. The zero-order valence-corrected chi connectivity index (χ0v) is 18.2. The molecule has 0 spiro atoms. The van der Waals surface area contributed by atoms with E-state index in [0.29, 0.717) is 22.6 Å². The summed E-state index contributed by atoms with van der Waals surface area (Å²) >= 11 is 0. The molecule has 0 N–H and O–H groups in total. The maximum atomic E-state index is 13.0. The van der Waals surface area contributed by atoms with Crippen LogP contribution in [0.3, 0.4) is 0 Å². The van der Waals surface area contributed by atoms with E-state index in [9.17, 15) is 9.59 Å². The number of imide groups is 1. The predicted octanol–water partition coefficient (Wildman–Crippen LogP) is 4.87. The van der Waals surface area contributed by atoms with E-state index in [0.717, 1.165) is 29.5 Å². The van der Waals surface area contributed by atoms with Gasteiger partial charge < -0.3 is 9.47 Å². The Morgan fingerprint density at radius 2 is 1.71 bits per heavy atom. The Balaban J connectivity index is 1.78. The maximum Gasteiger partial charge on any atom is 0.261 e. The summed E-state index contributed by atoms with van der Waals surface area (Å²) in [4.78, 5) is 27.0. The number of ether oxygens (including phenoxy) is 2. The lowest BCUT2D eigenvalue weighted by atomic mass is 9.95. The van der Waals surface area contributed by atoms with Crippen LogP contribution in [-0.2, 0) is 9.59 Å².